The van der Waals surface area contributed by atoms with Gasteiger partial charge >= 0.3 is 5.97 Å². The van der Waals surface area contributed by atoms with Crippen LogP contribution in [0.3, 0.4) is 0 Å². The highest BCUT2D eigenvalue weighted by Crippen LogP contribution is 2.70. The lowest BCUT2D eigenvalue weighted by atomic mass is 9.48. The number of ketones is 2. The predicted molar refractivity (Wildman–Crippen MR) is 89.9 cm³/mol. The Morgan fingerprint density at radius 1 is 1.00 bits per heavy atom. The molecule has 138 valence electrons. The van der Waals surface area contributed by atoms with Crippen LogP contribution in [0.15, 0.2) is 11.1 Å². The standard InChI is InChI=1S/C21H24O5/c1-9-8-25-19-16-14(23)5-4-13(22)15(16)18-17-11(20(24)26-18)2-3-12-10(9)6-7-21(12,17)19/h9-12,17-19H,2-8H2,1H3. The van der Waals surface area contributed by atoms with Crippen molar-refractivity contribution in [3.63, 3.8) is 0 Å². The largest absolute Gasteiger partial charge is 0.457 e. The predicted octanol–water partition coefficient (Wildman–Crippen LogP) is 2.23. The van der Waals surface area contributed by atoms with E-state index in [0.29, 0.717) is 35.5 Å². The van der Waals surface area contributed by atoms with Gasteiger partial charge in [-0.2, -0.15) is 0 Å². The number of hydrogen-bond acceptors (Lipinski definition) is 5. The Bertz CT molecular complexity index is 781. The molecule has 0 aromatic rings. The highest BCUT2D eigenvalue weighted by atomic mass is 16.6. The molecule has 2 aliphatic heterocycles. The fourth-order valence-electron chi connectivity index (χ4n) is 7.75. The van der Waals surface area contributed by atoms with Crippen LogP contribution >= 0.6 is 0 Å². The van der Waals surface area contributed by atoms with Crippen molar-refractivity contribution in [3.8, 4) is 0 Å². The zero-order chi connectivity index (χ0) is 17.8. The molecular formula is C21H24O5. The molecule has 5 nitrogen and oxygen atoms in total. The quantitative estimate of drug-likeness (QED) is 0.623. The molecule has 26 heavy (non-hydrogen) atoms. The molecule has 8 unspecified atom stereocenters. The van der Waals surface area contributed by atoms with Crippen molar-refractivity contribution < 1.29 is 23.9 Å². The molecule has 0 aromatic carbocycles. The number of carbonyl (C=O) groups excluding carboxylic acids is 3. The van der Waals surface area contributed by atoms with E-state index >= 15 is 0 Å². The zero-order valence-electron chi connectivity index (χ0n) is 15.0. The normalized spacial score (nSPS) is 51.7. The minimum absolute atomic E-state index is 0.00883. The van der Waals surface area contributed by atoms with E-state index in [2.05, 4.69) is 6.92 Å². The minimum Gasteiger partial charge on any atom is -0.457 e. The topological polar surface area (TPSA) is 69.7 Å². The van der Waals surface area contributed by atoms with Crippen LogP contribution in [-0.4, -0.2) is 36.4 Å². The molecule has 8 atom stereocenters. The van der Waals surface area contributed by atoms with Gasteiger partial charge in [0.05, 0.1) is 18.6 Å². The summed E-state index contributed by atoms with van der Waals surface area (Å²) in [5.41, 5.74) is 0.885. The van der Waals surface area contributed by atoms with Crippen LogP contribution in [0.5, 0.6) is 0 Å². The monoisotopic (exact) mass is 356 g/mol. The molecule has 0 N–H and O–H groups in total. The van der Waals surface area contributed by atoms with E-state index in [0.717, 1.165) is 25.7 Å². The van der Waals surface area contributed by atoms with Crippen LogP contribution in [0.1, 0.15) is 45.4 Å². The maximum Gasteiger partial charge on any atom is 0.310 e. The molecule has 1 spiro atoms. The zero-order valence-corrected chi connectivity index (χ0v) is 15.0. The van der Waals surface area contributed by atoms with Gasteiger partial charge in [0.1, 0.15) is 6.10 Å². The maximum absolute atomic E-state index is 12.9. The molecule has 2 bridgehead atoms. The number of carbonyl (C=O) groups is 3. The summed E-state index contributed by atoms with van der Waals surface area (Å²) in [5, 5.41) is 0. The summed E-state index contributed by atoms with van der Waals surface area (Å²) < 4.78 is 12.3. The SMILES string of the molecule is CC1COC2C3=C(C(=O)CCC3=O)C3OC(=O)C4CCC5C1CCC25C43. The Kier molecular flexibility index (Phi) is 2.91. The summed E-state index contributed by atoms with van der Waals surface area (Å²) in [6, 6.07) is 0. The third-order valence-corrected chi connectivity index (χ3v) is 8.59. The van der Waals surface area contributed by atoms with Crippen LogP contribution in [-0.2, 0) is 23.9 Å². The summed E-state index contributed by atoms with van der Waals surface area (Å²) >= 11 is 0. The second-order valence-corrected chi connectivity index (χ2v) is 9.35. The fraction of sp³-hybridized carbons (Fsp3) is 0.762. The number of esters is 1. The molecular weight excluding hydrogens is 332 g/mol. The Morgan fingerprint density at radius 2 is 1.77 bits per heavy atom. The van der Waals surface area contributed by atoms with E-state index in [1.807, 2.05) is 0 Å². The first-order valence-electron chi connectivity index (χ1n) is 10.2. The lowest BCUT2D eigenvalue weighted by Gasteiger charge is -2.55. The Morgan fingerprint density at radius 3 is 2.58 bits per heavy atom. The number of rotatable bonds is 0. The van der Waals surface area contributed by atoms with Gasteiger partial charge in [-0.1, -0.05) is 6.92 Å². The Hall–Kier alpha value is -1.49. The van der Waals surface area contributed by atoms with Gasteiger partial charge in [0.15, 0.2) is 11.6 Å². The highest BCUT2D eigenvalue weighted by molar-refractivity contribution is 6.13. The highest BCUT2D eigenvalue weighted by Gasteiger charge is 2.72. The third kappa shape index (κ3) is 1.57. The van der Waals surface area contributed by atoms with Crippen molar-refractivity contribution in [1.29, 1.82) is 0 Å². The smallest absolute Gasteiger partial charge is 0.310 e. The molecule has 2 saturated heterocycles. The van der Waals surface area contributed by atoms with Gasteiger partial charge in [-0.3, -0.25) is 14.4 Å². The van der Waals surface area contributed by atoms with Gasteiger partial charge in [0, 0.05) is 35.3 Å². The van der Waals surface area contributed by atoms with Crippen molar-refractivity contribution in [2.45, 2.75) is 57.7 Å². The summed E-state index contributed by atoms with van der Waals surface area (Å²) in [6.45, 7) is 2.90. The van der Waals surface area contributed by atoms with E-state index in [-0.39, 0.29) is 53.7 Å². The summed E-state index contributed by atoms with van der Waals surface area (Å²) in [7, 11) is 0. The van der Waals surface area contributed by atoms with Crippen LogP contribution in [0, 0.1) is 35.0 Å². The number of ether oxygens (including phenoxy) is 2. The molecule has 6 aliphatic rings. The van der Waals surface area contributed by atoms with Crippen molar-refractivity contribution in [2.24, 2.45) is 35.0 Å². The first kappa shape index (κ1) is 15.6. The van der Waals surface area contributed by atoms with Crippen LogP contribution in [0.4, 0.5) is 0 Å². The second-order valence-electron chi connectivity index (χ2n) is 9.35. The van der Waals surface area contributed by atoms with Crippen LogP contribution in [0.2, 0.25) is 0 Å². The molecule has 2 saturated carbocycles. The van der Waals surface area contributed by atoms with Crippen LogP contribution in [0.25, 0.3) is 0 Å². The molecule has 5 heteroatoms. The number of fused-ring (bicyclic) bond motifs is 2. The van der Waals surface area contributed by atoms with Gasteiger partial charge in [0.25, 0.3) is 0 Å². The number of hydrogen-bond donors (Lipinski definition) is 0. The summed E-state index contributed by atoms with van der Waals surface area (Å²) in [6.07, 6.45) is 3.69. The maximum atomic E-state index is 12.9. The van der Waals surface area contributed by atoms with E-state index in [1.165, 1.54) is 0 Å². The average molecular weight is 356 g/mol. The van der Waals surface area contributed by atoms with Crippen LogP contribution < -0.4 is 0 Å². The van der Waals surface area contributed by atoms with Crippen molar-refractivity contribution in [2.75, 3.05) is 6.61 Å². The van der Waals surface area contributed by atoms with Gasteiger partial charge in [0.2, 0.25) is 0 Å². The Balaban J connectivity index is 1.64. The summed E-state index contributed by atoms with van der Waals surface area (Å²) in [5.74, 6) is 1.28. The molecule has 6 rings (SSSR count). The summed E-state index contributed by atoms with van der Waals surface area (Å²) in [4.78, 5) is 38.4. The molecule has 4 aliphatic carbocycles. The van der Waals surface area contributed by atoms with E-state index in [9.17, 15) is 14.4 Å². The van der Waals surface area contributed by atoms with E-state index in [4.69, 9.17) is 9.47 Å². The van der Waals surface area contributed by atoms with Crippen molar-refractivity contribution >= 4 is 17.5 Å². The lowest BCUT2D eigenvalue weighted by molar-refractivity contribution is -0.144. The first-order valence-corrected chi connectivity index (χ1v) is 10.2. The molecule has 0 radical (unpaired) electrons. The Labute approximate surface area is 152 Å². The molecule has 0 aromatic heterocycles. The van der Waals surface area contributed by atoms with E-state index < -0.39 is 6.10 Å². The second kappa shape index (κ2) is 4.86. The first-order chi connectivity index (χ1) is 12.5. The van der Waals surface area contributed by atoms with Gasteiger partial charge in [-0.15, -0.1) is 0 Å². The fourth-order valence-corrected chi connectivity index (χ4v) is 7.75. The third-order valence-electron chi connectivity index (χ3n) is 8.59. The number of Topliss-reactive ketones (excluding diaryl/α,β-unsaturated/α-hetero) is 2. The van der Waals surface area contributed by atoms with Gasteiger partial charge in [-0.05, 0) is 43.4 Å². The van der Waals surface area contributed by atoms with E-state index in [1.54, 1.807) is 0 Å². The van der Waals surface area contributed by atoms with Crippen molar-refractivity contribution in [3.05, 3.63) is 11.1 Å². The van der Waals surface area contributed by atoms with Gasteiger partial charge < -0.3 is 9.47 Å². The van der Waals surface area contributed by atoms with Gasteiger partial charge in [-0.25, -0.2) is 0 Å². The minimum atomic E-state index is -0.506. The average Bonchev–Trinajstić information content (AvgIpc) is 3.13. The molecule has 2 heterocycles. The molecule has 4 fully saturated rings. The molecule has 0 amide bonds. The van der Waals surface area contributed by atoms with Crippen molar-refractivity contribution in [1.82, 2.24) is 0 Å². The lowest BCUT2D eigenvalue weighted by Crippen LogP contribution is -2.59.